The Balaban J connectivity index is 1.89. The number of nitrogens with two attached hydrogens (primary N) is 1. The number of piperidine rings is 1. The molecule has 0 bridgehead atoms. The van der Waals surface area contributed by atoms with Crippen molar-refractivity contribution in [1.82, 2.24) is 4.90 Å². The number of carbonyl (C=O) groups excluding carboxylic acids is 1. The van der Waals surface area contributed by atoms with Crippen LogP contribution in [0.15, 0.2) is 46.9 Å². The van der Waals surface area contributed by atoms with Crippen LogP contribution >= 0.6 is 0 Å². The molecular weight excluding hydrogens is 352 g/mol. The number of hydrogen-bond acceptors (Lipinski definition) is 5. The van der Waals surface area contributed by atoms with Crippen LogP contribution in [0.5, 0.6) is 0 Å². The quantitative estimate of drug-likeness (QED) is 0.508. The van der Waals surface area contributed by atoms with Crippen molar-refractivity contribution in [3.8, 4) is 11.3 Å². The van der Waals surface area contributed by atoms with Gasteiger partial charge in [0.25, 0.3) is 0 Å². The van der Waals surface area contributed by atoms with Crippen molar-refractivity contribution in [2.75, 3.05) is 25.4 Å². The molecule has 4 rings (SSSR count). The van der Waals surface area contributed by atoms with E-state index in [9.17, 15) is 4.79 Å². The van der Waals surface area contributed by atoms with Crippen LogP contribution < -0.4 is 5.73 Å². The predicted molar refractivity (Wildman–Crippen MR) is 111 cm³/mol. The van der Waals surface area contributed by atoms with Gasteiger partial charge in [-0.2, -0.15) is 0 Å². The standard InChI is InChI=1S/C23H26N2O3/c1-2-27-23(26)21-20-17(15-25-11-7-4-8-12-25)13-18(24)14-19(20)28-22(21)16-9-5-3-6-10-16/h3,5-6,9-10,13-14H,2,4,7-8,11-12,15,24H2,1H3. The van der Waals surface area contributed by atoms with Crippen molar-refractivity contribution >= 4 is 22.6 Å². The number of likely N-dealkylation sites (tertiary alicyclic amines) is 1. The van der Waals surface area contributed by atoms with E-state index in [1.807, 2.05) is 43.3 Å². The van der Waals surface area contributed by atoms with Crippen molar-refractivity contribution in [3.63, 3.8) is 0 Å². The molecule has 146 valence electrons. The predicted octanol–water partition coefficient (Wildman–Crippen LogP) is 4.84. The summed E-state index contributed by atoms with van der Waals surface area (Å²) in [6.45, 7) is 5.01. The van der Waals surface area contributed by atoms with Gasteiger partial charge in [-0.3, -0.25) is 4.90 Å². The summed E-state index contributed by atoms with van der Waals surface area (Å²) < 4.78 is 11.6. The summed E-state index contributed by atoms with van der Waals surface area (Å²) in [4.78, 5) is 15.3. The molecule has 5 heteroatoms. The molecule has 0 unspecified atom stereocenters. The summed E-state index contributed by atoms with van der Waals surface area (Å²) >= 11 is 0. The van der Waals surface area contributed by atoms with Crippen LogP contribution in [0.4, 0.5) is 5.69 Å². The highest BCUT2D eigenvalue weighted by molar-refractivity contribution is 6.10. The summed E-state index contributed by atoms with van der Waals surface area (Å²) in [6, 6.07) is 13.4. The van der Waals surface area contributed by atoms with Crippen LogP contribution in [-0.4, -0.2) is 30.6 Å². The molecular formula is C23H26N2O3. The molecule has 2 N–H and O–H groups in total. The van der Waals surface area contributed by atoms with Gasteiger partial charge in [-0.1, -0.05) is 36.8 Å². The zero-order valence-corrected chi connectivity index (χ0v) is 16.2. The maximum atomic E-state index is 12.9. The summed E-state index contributed by atoms with van der Waals surface area (Å²) in [5.74, 6) is 0.185. The Labute approximate surface area is 165 Å². The Bertz CT molecular complexity index is 972. The van der Waals surface area contributed by atoms with Gasteiger partial charge < -0.3 is 14.9 Å². The van der Waals surface area contributed by atoms with Gasteiger partial charge in [0.2, 0.25) is 0 Å². The lowest BCUT2D eigenvalue weighted by molar-refractivity contribution is 0.0528. The minimum Gasteiger partial charge on any atom is -0.462 e. The molecule has 1 aliphatic rings. The fourth-order valence-electron chi connectivity index (χ4n) is 4.01. The lowest BCUT2D eigenvalue weighted by Crippen LogP contribution is -2.29. The Morgan fingerprint density at radius 1 is 1.14 bits per heavy atom. The van der Waals surface area contributed by atoms with Gasteiger partial charge in [-0.05, 0) is 44.5 Å². The Hall–Kier alpha value is -2.79. The third-order valence-corrected chi connectivity index (χ3v) is 5.25. The zero-order chi connectivity index (χ0) is 19.5. The minimum absolute atomic E-state index is 0.316. The molecule has 2 aromatic carbocycles. The number of nitrogen functional groups attached to an aromatic ring is 1. The van der Waals surface area contributed by atoms with Crippen LogP contribution in [0.3, 0.4) is 0 Å². The molecule has 1 fully saturated rings. The van der Waals surface area contributed by atoms with Crippen LogP contribution in [-0.2, 0) is 11.3 Å². The summed E-state index contributed by atoms with van der Waals surface area (Å²) in [6.07, 6.45) is 3.69. The Morgan fingerprint density at radius 3 is 2.61 bits per heavy atom. The van der Waals surface area contributed by atoms with Crippen LogP contribution in [0.2, 0.25) is 0 Å². The molecule has 0 saturated carbocycles. The zero-order valence-electron chi connectivity index (χ0n) is 16.2. The number of hydrogen-bond donors (Lipinski definition) is 1. The van der Waals surface area contributed by atoms with E-state index in [1.165, 1.54) is 19.3 Å². The highest BCUT2D eigenvalue weighted by atomic mass is 16.5. The van der Waals surface area contributed by atoms with Gasteiger partial charge >= 0.3 is 5.97 Å². The monoisotopic (exact) mass is 378 g/mol. The van der Waals surface area contributed by atoms with E-state index in [1.54, 1.807) is 6.07 Å². The fourth-order valence-corrected chi connectivity index (χ4v) is 4.01. The van der Waals surface area contributed by atoms with Gasteiger partial charge in [-0.15, -0.1) is 0 Å². The Kier molecular flexibility index (Phi) is 5.35. The van der Waals surface area contributed by atoms with Crippen LogP contribution in [0, 0.1) is 0 Å². The highest BCUT2D eigenvalue weighted by Crippen LogP contribution is 2.38. The molecule has 1 aliphatic heterocycles. The maximum absolute atomic E-state index is 12.9. The van der Waals surface area contributed by atoms with E-state index >= 15 is 0 Å². The van der Waals surface area contributed by atoms with E-state index in [-0.39, 0.29) is 5.97 Å². The van der Waals surface area contributed by atoms with Gasteiger partial charge in [0.05, 0.1) is 6.61 Å². The smallest absolute Gasteiger partial charge is 0.342 e. The number of anilines is 1. The third-order valence-electron chi connectivity index (χ3n) is 5.25. The van der Waals surface area contributed by atoms with E-state index in [2.05, 4.69) is 4.90 Å². The van der Waals surface area contributed by atoms with Crippen molar-refractivity contribution in [1.29, 1.82) is 0 Å². The molecule has 0 atom stereocenters. The highest BCUT2D eigenvalue weighted by Gasteiger charge is 2.26. The molecule has 2 heterocycles. The molecule has 3 aromatic rings. The van der Waals surface area contributed by atoms with Gasteiger partial charge in [0.1, 0.15) is 16.9 Å². The van der Waals surface area contributed by atoms with Crippen LogP contribution in [0.1, 0.15) is 42.1 Å². The second-order valence-corrected chi connectivity index (χ2v) is 7.28. The number of carbonyl (C=O) groups is 1. The van der Waals surface area contributed by atoms with E-state index in [4.69, 9.17) is 14.9 Å². The average molecular weight is 378 g/mol. The molecule has 0 spiro atoms. The normalized spacial score (nSPS) is 15.0. The number of furan rings is 1. The summed E-state index contributed by atoms with van der Waals surface area (Å²) in [7, 11) is 0. The minimum atomic E-state index is -0.357. The van der Waals surface area contributed by atoms with Gasteiger partial charge in [-0.25, -0.2) is 4.79 Å². The lowest BCUT2D eigenvalue weighted by atomic mass is 10.00. The number of esters is 1. The number of nitrogens with zero attached hydrogens (tertiary/aromatic N) is 1. The molecule has 28 heavy (non-hydrogen) atoms. The van der Waals surface area contributed by atoms with E-state index in [0.717, 1.165) is 36.1 Å². The van der Waals surface area contributed by atoms with E-state index < -0.39 is 0 Å². The topological polar surface area (TPSA) is 68.7 Å². The molecule has 5 nitrogen and oxygen atoms in total. The fraction of sp³-hybridized carbons (Fsp3) is 0.348. The lowest BCUT2D eigenvalue weighted by Gasteiger charge is -2.26. The molecule has 0 aliphatic carbocycles. The van der Waals surface area contributed by atoms with Crippen LogP contribution in [0.25, 0.3) is 22.3 Å². The first-order chi connectivity index (χ1) is 13.7. The third kappa shape index (κ3) is 3.62. The summed E-state index contributed by atoms with van der Waals surface area (Å²) in [5.41, 5.74) is 9.81. The average Bonchev–Trinajstić information content (AvgIpc) is 3.09. The number of fused-ring (bicyclic) bond motifs is 1. The molecule has 1 aromatic heterocycles. The second kappa shape index (κ2) is 8.07. The number of benzene rings is 2. The van der Waals surface area contributed by atoms with Gasteiger partial charge in [0, 0.05) is 29.2 Å². The SMILES string of the molecule is CCOC(=O)c1c(-c2ccccc2)oc2cc(N)cc(CN3CCCCC3)c12. The van der Waals surface area contributed by atoms with Crippen molar-refractivity contribution in [2.24, 2.45) is 0 Å². The number of rotatable bonds is 5. The largest absolute Gasteiger partial charge is 0.462 e. The van der Waals surface area contributed by atoms with Crippen molar-refractivity contribution in [3.05, 3.63) is 53.6 Å². The van der Waals surface area contributed by atoms with Crippen molar-refractivity contribution < 1.29 is 13.9 Å². The maximum Gasteiger partial charge on any atom is 0.342 e. The first-order valence-electron chi connectivity index (χ1n) is 9.97. The summed E-state index contributed by atoms with van der Waals surface area (Å²) in [5, 5.41) is 0.817. The first-order valence-corrected chi connectivity index (χ1v) is 9.97. The van der Waals surface area contributed by atoms with Crippen molar-refractivity contribution in [2.45, 2.75) is 32.7 Å². The van der Waals surface area contributed by atoms with E-state index in [0.29, 0.717) is 29.2 Å². The number of ether oxygens (including phenoxy) is 1. The molecule has 0 amide bonds. The van der Waals surface area contributed by atoms with Gasteiger partial charge in [0.15, 0.2) is 0 Å². The molecule has 1 saturated heterocycles. The molecule has 0 radical (unpaired) electrons. The Morgan fingerprint density at radius 2 is 1.89 bits per heavy atom. The first kappa shape index (κ1) is 18.6. The second-order valence-electron chi connectivity index (χ2n) is 7.28.